The van der Waals surface area contributed by atoms with E-state index in [9.17, 15) is 12.8 Å². The number of anilines is 1. The van der Waals surface area contributed by atoms with Crippen LogP contribution in [0.1, 0.15) is 39.5 Å². The maximum absolute atomic E-state index is 13.7. The summed E-state index contributed by atoms with van der Waals surface area (Å²) in [6.07, 6.45) is 2.65. The van der Waals surface area contributed by atoms with Crippen LogP contribution < -0.4 is 4.72 Å². The number of nitrogens with zero attached hydrogens (tertiary/aromatic N) is 3. The fourth-order valence-electron chi connectivity index (χ4n) is 1.54. The summed E-state index contributed by atoms with van der Waals surface area (Å²) in [7, 11) is -3.84. The summed E-state index contributed by atoms with van der Waals surface area (Å²) in [4.78, 5) is 0.000240. The maximum Gasteiger partial charge on any atom is 0.266 e. The molecule has 0 aromatic carbocycles. The molecule has 0 aliphatic rings. The zero-order valence-electron chi connectivity index (χ0n) is 12.2. The summed E-state index contributed by atoms with van der Waals surface area (Å²) in [5.74, 6) is -0.133. The molecule has 2 aromatic heterocycles. The maximum atomic E-state index is 13.7. The fourth-order valence-corrected chi connectivity index (χ4v) is 2.46. The molecule has 1 N–H and O–H groups in total. The van der Waals surface area contributed by atoms with Gasteiger partial charge in [-0.3, -0.25) is 9.40 Å². The van der Waals surface area contributed by atoms with E-state index < -0.39 is 15.7 Å². The second-order valence-corrected chi connectivity index (χ2v) is 7.09. The number of alkyl halides is 1. The molecule has 0 saturated heterocycles. The average Bonchev–Trinajstić information content (AvgIpc) is 2.94. The molecule has 0 saturated carbocycles. The van der Waals surface area contributed by atoms with E-state index in [1.54, 1.807) is 0 Å². The van der Waals surface area contributed by atoms with E-state index in [1.165, 1.54) is 37.0 Å². The molecular formula is C12H17FN4O3S. The molecule has 2 aromatic rings. The molecule has 0 amide bonds. The van der Waals surface area contributed by atoms with Crippen LogP contribution in [-0.4, -0.2) is 23.4 Å². The van der Waals surface area contributed by atoms with Crippen LogP contribution in [0.5, 0.6) is 0 Å². The number of aromatic nitrogens is 3. The monoisotopic (exact) mass is 316 g/mol. The van der Waals surface area contributed by atoms with Crippen molar-refractivity contribution in [3.8, 4) is 0 Å². The Hall–Kier alpha value is -1.90. The predicted molar refractivity (Wildman–Crippen MR) is 74.1 cm³/mol. The van der Waals surface area contributed by atoms with Crippen LogP contribution in [-0.2, 0) is 15.7 Å². The highest BCUT2D eigenvalue weighted by Crippen LogP contribution is 2.27. The SMILES string of the molecule is CC(C)n1cc(S(=O)(=O)Nc2cc(C(C)(C)F)on2)cn1. The van der Waals surface area contributed by atoms with Crippen LogP contribution in [0.2, 0.25) is 0 Å². The average molecular weight is 316 g/mol. The zero-order chi connectivity index (χ0) is 15.8. The van der Waals surface area contributed by atoms with Gasteiger partial charge in [-0.15, -0.1) is 0 Å². The van der Waals surface area contributed by atoms with E-state index in [0.717, 1.165) is 0 Å². The van der Waals surface area contributed by atoms with Crippen molar-refractivity contribution in [2.45, 2.75) is 44.3 Å². The molecule has 0 aliphatic carbocycles. The molecule has 2 heterocycles. The Morgan fingerprint density at radius 3 is 2.57 bits per heavy atom. The Bertz CT molecular complexity index is 728. The van der Waals surface area contributed by atoms with Crippen molar-refractivity contribution in [1.29, 1.82) is 0 Å². The zero-order valence-corrected chi connectivity index (χ0v) is 13.0. The van der Waals surface area contributed by atoms with Crippen molar-refractivity contribution in [2.24, 2.45) is 0 Å². The third kappa shape index (κ3) is 3.41. The van der Waals surface area contributed by atoms with Gasteiger partial charge in [-0.25, -0.2) is 12.8 Å². The number of hydrogen-bond acceptors (Lipinski definition) is 5. The normalized spacial score (nSPS) is 12.9. The van der Waals surface area contributed by atoms with Crippen LogP contribution in [0.15, 0.2) is 27.9 Å². The summed E-state index contributed by atoms with van der Waals surface area (Å²) >= 11 is 0. The van der Waals surface area contributed by atoms with Gasteiger partial charge in [0.2, 0.25) is 0 Å². The van der Waals surface area contributed by atoms with E-state index in [2.05, 4.69) is 15.0 Å². The summed E-state index contributed by atoms with van der Waals surface area (Å²) in [5.41, 5.74) is -1.74. The Labute approximate surface area is 122 Å². The topological polar surface area (TPSA) is 90.0 Å². The molecular weight excluding hydrogens is 299 g/mol. The third-order valence-electron chi connectivity index (χ3n) is 2.75. The van der Waals surface area contributed by atoms with Gasteiger partial charge in [-0.1, -0.05) is 5.16 Å². The van der Waals surface area contributed by atoms with Crippen molar-refractivity contribution in [2.75, 3.05) is 4.72 Å². The highest BCUT2D eigenvalue weighted by Gasteiger charge is 2.26. The molecule has 2 rings (SSSR count). The molecule has 0 bridgehead atoms. The van der Waals surface area contributed by atoms with E-state index in [0.29, 0.717) is 0 Å². The molecule has 0 atom stereocenters. The predicted octanol–water partition coefficient (Wildman–Crippen LogP) is 2.46. The number of rotatable bonds is 5. The minimum Gasteiger partial charge on any atom is -0.356 e. The van der Waals surface area contributed by atoms with E-state index >= 15 is 0 Å². The van der Waals surface area contributed by atoms with Gasteiger partial charge in [0.1, 0.15) is 4.90 Å². The van der Waals surface area contributed by atoms with Crippen molar-refractivity contribution in [3.05, 3.63) is 24.2 Å². The van der Waals surface area contributed by atoms with Gasteiger partial charge < -0.3 is 4.52 Å². The Morgan fingerprint density at radius 2 is 2.10 bits per heavy atom. The summed E-state index contributed by atoms with van der Waals surface area (Å²) in [6, 6.07) is 1.25. The number of hydrogen-bond donors (Lipinski definition) is 1. The van der Waals surface area contributed by atoms with E-state index in [1.807, 2.05) is 13.8 Å². The molecule has 0 radical (unpaired) electrons. The van der Waals surface area contributed by atoms with Crippen LogP contribution in [0, 0.1) is 0 Å². The highest BCUT2D eigenvalue weighted by atomic mass is 32.2. The van der Waals surface area contributed by atoms with Gasteiger partial charge in [-0.2, -0.15) is 5.10 Å². The van der Waals surface area contributed by atoms with Gasteiger partial charge >= 0.3 is 0 Å². The van der Waals surface area contributed by atoms with Gasteiger partial charge in [0.05, 0.1) is 6.20 Å². The van der Waals surface area contributed by atoms with Crippen LogP contribution >= 0.6 is 0 Å². The van der Waals surface area contributed by atoms with Crippen LogP contribution in [0.3, 0.4) is 0 Å². The molecule has 7 nitrogen and oxygen atoms in total. The Morgan fingerprint density at radius 1 is 1.43 bits per heavy atom. The minimum absolute atomic E-state index is 0.000240. The first-order valence-electron chi connectivity index (χ1n) is 6.32. The van der Waals surface area contributed by atoms with Crippen LogP contribution in [0.25, 0.3) is 0 Å². The van der Waals surface area contributed by atoms with E-state index in [4.69, 9.17) is 4.52 Å². The first-order valence-corrected chi connectivity index (χ1v) is 7.81. The molecule has 0 spiro atoms. The van der Waals surface area contributed by atoms with Gasteiger partial charge in [0, 0.05) is 18.3 Å². The molecule has 0 aliphatic heterocycles. The van der Waals surface area contributed by atoms with Crippen molar-refractivity contribution in [1.82, 2.24) is 14.9 Å². The number of nitrogens with one attached hydrogen (secondary N) is 1. The van der Waals surface area contributed by atoms with Crippen molar-refractivity contribution < 1.29 is 17.3 Å². The van der Waals surface area contributed by atoms with Crippen molar-refractivity contribution >= 4 is 15.8 Å². The Balaban J connectivity index is 2.23. The first-order chi connectivity index (χ1) is 9.59. The van der Waals surface area contributed by atoms with Crippen LogP contribution in [0.4, 0.5) is 10.2 Å². The fraction of sp³-hybridized carbons (Fsp3) is 0.500. The third-order valence-corrected chi connectivity index (χ3v) is 4.06. The second-order valence-electron chi connectivity index (χ2n) is 5.40. The first kappa shape index (κ1) is 15.5. The van der Waals surface area contributed by atoms with Gasteiger partial charge in [0.15, 0.2) is 17.2 Å². The highest BCUT2D eigenvalue weighted by molar-refractivity contribution is 7.92. The summed E-state index contributed by atoms with van der Waals surface area (Å²) < 4.78 is 46.5. The summed E-state index contributed by atoms with van der Waals surface area (Å²) in [6.45, 7) is 6.34. The second kappa shape index (κ2) is 5.14. The van der Waals surface area contributed by atoms with Gasteiger partial charge in [-0.05, 0) is 27.7 Å². The smallest absolute Gasteiger partial charge is 0.266 e. The number of halogens is 1. The van der Waals surface area contributed by atoms with E-state index in [-0.39, 0.29) is 22.5 Å². The van der Waals surface area contributed by atoms with Gasteiger partial charge in [0.25, 0.3) is 10.0 Å². The summed E-state index contributed by atoms with van der Waals surface area (Å²) in [5, 5.41) is 7.46. The lowest BCUT2D eigenvalue weighted by Gasteiger charge is -2.07. The van der Waals surface area contributed by atoms with Crippen molar-refractivity contribution in [3.63, 3.8) is 0 Å². The quantitative estimate of drug-likeness (QED) is 0.915. The molecule has 0 fully saturated rings. The molecule has 9 heteroatoms. The molecule has 21 heavy (non-hydrogen) atoms. The molecule has 0 unspecified atom stereocenters. The lowest BCUT2D eigenvalue weighted by atomic mass is 10.1. The Kier molecular flexibility index (Phi) is 3.79. The minimum atomic E-state index is -3.84. The lowest BCUT2D eigenvalue weighted by Crippen LogP contribution is -2.13. The lowest BCUT2D eigenvalue weighted by molar-refractivity contribution is 0.163. The largest absolute Gasteiger partial charge is 0.356 e. The standard InChI is InChI=1S/C12H17FN4O3S/c1-8(2)17-7-9(6-14-17)21(18,19)16-11-5-10(20-15-11)12(3,4)13/h5-8H,1-4H3,(H,15,16). The number of sulfonamides is 1. The molecule has 116 valence electrons.